The van der Waals surface area contributed by atoms with Crippen LogP contribution < -0.4 is 10.5 Å². The van der Waals surface area contributed by atoms with Gasteiger partial charge in [0.25, 0.3) is 0 Å². The summed E-state index contributed by atoms with van der Waals surface area (Å²) in [6, 6.07) is 4.62. The van der Waals surface area contributed by atoms with Crippen LogP contribution in [0.25, 0.3) is 0 Å². The molecule has 0 aromatic heterocycles. The van der Waals surface area contributed by atoms with Crippen molar-refractivity contribution in [3.8, 4) is 5.75 Å². The van der Waals surface area contributed by atoms with Crippen molar-refractivity contribution in [3.63, 3.8) is 0 Å². The van der Waals surface area contributed by atoms with Crippen LogP contribution in [0.4, 0.5) is 4.39 Å². The normalized spacial score (nSPS) is 22.4. The summed E-state index contributed by atoms with van der Waals surface area (Å²) in [5.41, 5.74) is 7.05. The first kappa shape index (κ1) is 13.3. The van der Waals surface area contributed by atoms with Crippen LogP contribution in [0.15, 0.2) is 18.2 Å². The van der Waals surface area contributed by atoms with Crippen LogP contribution in [-0.2, 0) is 0 Å². The summed E-state index contributed by atoms with van der Waals surface area (Å²) >= 11 is 0. The van der Waals surface area contributed by atoms with Crippen LogP contribution in [0, 0.1) is 5.82 Å². The van der Waals surface area contributed by atoms with Gasteiger partial charge in [-0.2, -0.15) is 0 Å². The Balaban J connectivity index is 1.94. The van der Waals surface area contributed by atoms with Crippen molar-refractivity contribution in [2.24, 2.45) is 5.73 Å². The van der Waals surface area contributed by atoms with E-state index in [1.54, 1.807) is 6.07 Å². The van der Waals surface area contributed by atoms with Gasteiger partial charge in [0.1, 0.15) is 17.7 Å². The number of hydrogen-bond donors (Lipinski definition) is 1. The minimum Gasteiger partial charge on any atom is -0.490 e. The first-order valence-corrected chi connectivity index (χ1v) is 6.92. The molecule has 0 bridgehead atoms. The van der Waals surface area contributed by atoms with Crippen molar-refractivity contribution >= 4 is 0 Å². The van der Waals surface area contributed by atoms with Crippen LogP contribution in [0.1, 0.15) is 57.1 Å². The molecule has 2 atom stereocenters. The van der Waals surface area contributed by atoms with Gasteiger partial charge in [0.2, 0.25) is 0 Å². The highest BCUT2D eigenvalue weighted by Crippen LogP contribution is 2.35. The molecule has 3 heteroatoms. The summed E-state index contributed by atoms with van der Waals surface area (Å²) in [4.78, 5) is 0. The third-order valence-electron chi connectivity index (χ3n) is 3.57. The molecule has 2 nitrogen and oxygen atoms in total. The van der Waals surface area contributed by atoms with Gasteiger partial charge in [0.15, 0.2) is 0 Å². The van der Waals surface area contributed by atoms with Crippen LogP contribution >= 0.6 is 0 Å². The van der Waals surface area contributed by atoms with E-state index in [1.165, 1.54) is 31.4 Å². The number of unbranched alkanes of at least 4 members (excludes halogenated alkanes) is 3. The zero-order chi connectivity index (χ0) is 13.0. The molecule has 1 heterocycles. The largest absolute Gasteiger partial charge is 0.490 e. The van der Waals surface area contributed by atoms with Crippen molar-refractivity contribution in [2.45, 2.75) is 57.6 Å². The summed E-state index contributed by atoms with van der Waals surface area (Å²) in [5, 5.41) is 0. The van der Waals surface area contributed by atoms with E-state index in [-0.39, 0.29) is 18.0 Å². The smallest absolute Gasteiger partial charge is 0.127 e. The molecule has 0 amide bonds. The standard InChI is InChI=1S/C15H22FNO/c1-2-3-4-5-6-12-10-14(17)13-8-7-11(16)9-15(13)18-12/h7-9,12,14H,2-6,10,17H2,1H3/t12?,14-/m1/s1. The molecule has 0 radical (unpaired) electrons. The maximum Gasteiger partial charge on any atom is 0.127 e. The van der Waals surface area contributed by atoms with Crippen molar-refractivity contribution in [1.82, 2.24) is 0 Å². The molecule has 2 N–H and O–H groups in total. The Hall–Kier alpha value is -1.09. The second-order valence-electron chi connectivity index (χ2n) is 5.11. The summed E-state index contributed by atoms with van der Waals surface area (Å²) in [6.45, 7) is 2.20. The molecular formula is C15H22FNO. The Morgan fingerprint density at radius 3 is 2.94 bits per heavy atom. The Bertz CT molecular complexity index is 394. The van der Waals surface area contributed by atoms with E-state index < -0.39 is 0 Å². The molecule has 0 saturated heterocycles. The second-order valence-corrected chi connectivity index (χ2v) is 5.11. The molecule has 1 aliphatic rings. The van der Waals surface area contributed by atoms with Gasteiger partial charge in [0, 0.05) is 24.1 Å². The van der Waals surface area contributed by atoms with Gasteiger partial charge >= 0.3 is 0 Å². The predicted molar refractivity (Wildman–Crippen MR) is 71.1 cm³/mol. The topological polar surface area (TPSA) is 35.2 Å². The second kappa shape index (κ2) is 6.19. The molecule has 1 unspecified atom stereocenters. The van der Waals surface area contributed by atoms with E-state index in [0.717, 1.165) is 24.8 Å². The molecule has 18 heavy (non-hydrogen) atoms. The lowest BCUT2D eigenvalue weighted by atomic mass is 9.94. The summed E-state index contributed by atoms with van der Waals surface area (Å²) in [5.74, 6) is 0.377. The number of nitrogens with two attached hydrogens (primary N) is 1. The first-order valence-electron chi connectivity index (χ1n) is 6.92. The fraction of sp³-hybridized carbons (Fsp3) is 0.600. The lowest BCUT2D eigenvalue weighted by Gasteiger charge is -2.30. The molecule has 0 fully saturated rings. The molecular weight excluding hydrogens is 229 g/mol. The lowest BCUT2D eigenvalue weighted by molar-refractivity contribution is 0.146. The van der Waals surface area contributed by atoms with E-state index in [0.29, 0.717) is 5.75 Å². The van der Waals surface area contributed by atoms with Gasteiger partial charge in [0.05, 0.1) is 0 Å². The third kappa shape index (κ3) is 3.22. The maximum absolute atomic E-state index is 13.2. The average molecular weight is 251 g/mol. The van der Waals surface area contributed by atoms with Gasteiger partial charge < -0.3 is 10.5 Å². The quantitative estimate of drug-likeness (QED) is 0.804. The number of halogens is 1. The van der Waals surface area contributed by atoms with E-state index >= 15 is 0 Å². The number of hydrogen-bond acceptors (Lipinski definition) is 2. The van der Waals surface area contributed by atoms with Gasteiger partial charge in [-0.05, 0) is 18.9 Å². The highest BCUT2D eigenvalue weighted by Gasteiger charge is 2.25. The van der Waals surface area contributed by atoms with E-state index in [1.807, 2.05) is 0 Å². The van der Waals surface area contributed by atoms with Crippen molar-refractivity contribution in [1.29, 1.82) is 0 Å². The first-order chi connectivity index (χ1) is 8.70. The SMILES string of the molecule is CCCCCCC1C[C@@H](N)c2ccc(F)cc2O1. The fourth-order valence-electron chi connectivity index (χ4n) is 2.53. The highest BCUT2D eigenvalue weighted by atomic mass is 19.1. The monoisotopic (exact) mass is 251 g/mol. The van der Waals surface area contributed by atoms with E-state index in [9.17, 15) is 4.39 Å². The van der Waals surface area contributed by atoms with Crippen molar-refractivity contribution in [2.75, 3.05) is 0 Å². The Labute approximate surface area is 108 Å². The molecule has 0 aliphatic carbocycles. The van der Waals surface area contributed by atoms with Crippen LogP contribution in [0.5, 0.6) is 5.75 Å². The predicted octanol–water partition coefficient (Wildman–Crippen LogP) is 3.95. The minimum absolute atomic E-state index is 0.0227. The lowest BCUT2D eigenvalue weighted by Crippen LogP contribution is -2.29. The summed E-state index contributed by atoms with van der Waals surface area (Å²) < 4.78 is 19.0. The number of fused-ring (bicyclic) bond motifs is 1. The fourth-order valence-corrected chi connectivity index (χ4v) is 2.53. The average Bonchev–Trinajstić information content (AvgIpc) is 2.34. The number of benzene rings is 1. The molecule has 0 saturated carbocycles. The molecule has 1 aromatic rings. The summed E-state index contributed by atoms with van der Waals surface area (Å²) in [7, 11) is 0. The van der Waals surface area contributed by atoms with Gasteiger partial charge in [-0.15, -0.1) is 0 Å². The molecule has 2 rings (SSSR count). The summed E-state index contributed by atoms with van der Waals surface area (Å²) in [6.07, 6.45) is 6.90. The Kier molecular flexibility index (Phi) is 4.59. The van der Waals surface area contributed by atoms with E-state index in [2.05, 4.69) is 6.92 Å². The molecule has 0 spiro atoms. The van der Waals surface area contributed by atoms with Crippen LogP contribution in [-0.4, -0.2) is 6.10 Å². The molecule has 1 aromatic carbocycles. The van der Waals surface area contributed by atoms with E-state index in [4.69, 9.17) is 10.5 Å². The Morgan fingerprint density at radius 1 is 1.33 bits per heavy atom. The van der Waals surface area contributed by atoms with Gasteiger partial charge in [-0.25, -0.2) is 4.39 Å². The zero-order valence-corrected chi connectivity index (χ0v) is 11.0. The molecule has 100 valence electrons. The number of rotatable bonds is 5. The molecule has 1 aliphatic heterocycles. The minimum atomic E-state index is -0.257. The Morgan fingerprint density at radius 2 is 2.17 bits per heavy atom. The number of ether oxygens (including phenoxy) is 1. The van der Waals surface area contributed by atoms with Crippen LogP contribution in [0.3, 0.4) is 0 Å². The van der Waals surface area contributed by atoms with Crippen molar-refractivity contribution < 1.29 is 9.13 Å². The van der Waals surface area contributed by atoms with Gasteiger partial charge in [-0.3, -0.25) is 0 Å². The van der Waals surface area contributed by atoms with Crippen molar-refractivity contribution in [3.05, 3.63) is 29.6 Å². The van der Waals surface area contributed by atoms with Crippen LogP contribution in [0.2, 0.25) is 0 Å². The zero-order valence-electron chi connectivity index (χ0n) is 11.0. The maximum atomic E-state index is 13.2. The third-order valence-corrected chi connectivity index (χ3v) is 3.57. The van der Waals surface area contributed by atoms with Gasteiger partial charge in [-0.1, -0.05) is 32.3 Å². The highest BCUT2D eigenvalue weighted by molar-refractivity contribution is 5.38.